The lowest BCUT2D eigenvalue weighted by atomic mass is 9.96. The third-order valence-corrected chi connectivity index (χ3v) is 5.95. The summed E-state index contributed by atoms with van der Waals surface area (Å²) in [6, 6.07) is 11.6. The average molecular weight is 439 g/mol. The minimum absolute atomic E-state index is 0.0656. The van der Waals surface area contributed by atoms with Crippen molar-refractivity contribution in [2.75, 3.05) is 18.4 Å². The third kappa shape index (κ3) is 5.14. The Morgan fingerprint density at radius 1 is 1.23 bits per heavy atom. The van der Waals surface area contributed by atoms with Gasteiger partial charge in [0, 0.05) is 22.8 Å². The molecule has 1 fully saturated rings. The molecule has 2 heterocycles. The van der Waals surface area contributed by atoms with Crippen LogP contribution in [0.5, 0.6) is 0 Å². The molecule has 0 spiro atoms. The molecule has 1 N–H and O–H groups in total. The van der Waals surface area contributed by atoms with Gasteiger partial charge in [0.25, 0.3) is 0 Å². The van der Waals surface area contributed by atoms with Crippen molar-refractivity contribution in [3.8, 4) is 11.4 Å². The predicted molar refractivity (Wildman–Crippen MR) is 122 cm³/mol. The van der Waals surface area contributed by atoms with Crippen molar-refractivity contribution in [1.29, 1.82) is 0 Å². The molecule has 1 saturated heterocycles. The summed E-state index contributed by atoms with van der Waals surface area (Å²) < 4.78 is 5.45. The fourth-order valence-electron chi connectivity index (χ4n) is 4.27. The summed E-state index contributed by atoms with van der Waals surface area (Å²) >= 11 is 6.06. The number of halogens is 1. The van der Waals surface area contributed by atoms with Crippen LogP contribution >= 0.6 is 11.6 Å². The highest BCUT2D eigenvalue weighted by molar-refractivity contribution is 6.30. The number of hydrogen-bond donors (Lipinski definition) is 1. The van der Waals surface area contributed by atoms with Crippen LogP contribution in [-0.4, -0.2) is 34.0 Å². The number of aromatic nitrogens is 2. The van der Waals surface area contributed by atoms with Gasteiger partial charge < -0.3 is 9.84 Å². The van der Waals surface area contributed by atoms with Crippen LogP contribution in [0, 0.1) is 26.7 Å². The topological polar surface area (TPSA) is 71.3 Å². The van der Waals surface area contributed by atoms with Crippen LogP contribution < -0.4 is 5.32 Å². The molecule has 6 nitrogen and oxygen atoms in total. The van der Waals surface area contributed by atoms with E-state index < -0.39 is 0 Å². The van der Waals surface area contributed by atoms with E-state index in [1.54, 1.807) is 0 Å². The zero-order chi connectivity index (χ0) is 22.0. The lowest BCUT2D eigenvalue weighted by molar-refractivity contribution is -0.121. The lowest BCUT2D eigenvalue weighted by Gasteiger charge is -2.31. The van der Waals surface area contributed by atoms with Gasteiger partial charge in [-0.15, -0.1) is 0 Å². The first-order valence-corrected chi connectivity index (χ1v) is 11.0. The fraction of sp³-hybridized carbons (Fsp3) is 0.375. The Morgan fingerprint density at radius 3 is 2.74 bits per heavy atom. The molecule has 0 radical (unpaired) electrons. The second kappa shape index (κ2) is 9.20. The smallest absolute Gasteiger partial charge is 0.241 e. The highest BCUT2D eigenvalue weighted by Gasteiger charge is 2.27. The summed E-state index contributed by atoms with van der Waals surface area (Å²) in [5.41, 5.74) is 5.14. The van der Waals surface area contributed by atoms with Gasteiger partial charge in [0.1, 0.15) is 0 Å². The fourth-order valence-corrected chi connectivity index (χ4v) is 4.46. The van der Waals surface area contributed by atoms with Crippen molar-refractivity contribution >= 4 is 23.2 Å². The molecule has 31 heavy (non-hydrogen) atoms. The third-order valence-electron chi connectivity index (χ3n) is 5.71. The van der Waals surface area contributed by atoms with E-state index in [0.717, 1.165) is 41.8 Å². The number of likely N-dealkylation sites (tertiary alicyclic amines) is 1. The normalized spacial score (nSPS) is 17.0. The molecular weight excluding hydrogens is 412 g/mol. The van der Waals surface area contributed by atoms with E-state index in [9.17, 15) is 4.79 Å². The van der Waals surface area contributed by atoms with Gasteiger partial charge in [0.15, 0.2) is 0 Å². The second-order valence-corrected chi connectivity index (χ2v) is 8.80. The standard InChI is InChI=1S/C24H27ClN4O2/c1-15-10-16(2)22(17(3)11-15)27-24(30)19-7-5-9-29(13-19)14-21-26-23(28-31-21)18-6-4-8-20(25)12-18/h4,6,8,10-12,19H,5,7,9,13-14H2,1-3H3,(H,27,30). The highest BCUT2D eigenvalue weighted by atomic mass is 35.5. The molecule has 4 rings (SSSR count). The number of hydrogen-bond acceptors (Lipinski definition) is 5. The lowest BCUT2D eigenvalue weighted by Crippen LogP contribution is -2.40. The molecule has 1 aliphatic rings. The zero-order valence-electron chi connectivity index (χ0n) is 18.1. The quantitative estimate of drug-likeness (QED) is 0.595. The number of aryl methyl sites for hydroxylation is 3. The van der Waals surface area contributed by atoms with Crippen LogP contribution in [0.2, 0.25) is 5.02 Å². The molecule has 1 atom stereocenters. The Balaban J connectivity index is 1.39. The molecule has 1 amide bonds. The van der Waals surface area contributed by atoms with Gasteiger partial charge >= 0.3 is 0 Å². The Labute approximate surface area is 187 Å². The van der Waals surface area contributed by atoms with Crippen LogP contribution in [-0.2, 0) is 11.3 Å². The second-order valence-electron chi connectivity index (χ2n) is 8.36. The van der Waals surface area contributed by atoms with Gasteiger partial charge in [0.05, 0.1) is 12.5 Å². The molecule has 7 heteroatoms. The number of nitrogens with one attached hydrogen (secondary N) is 1. The van der Waals surface area contributed by atoms with Crippen molar-refractivity contribution in [2.24, 2.45) is 5.92 Å². The van der Waals surface area contributed by atoms with E-state index in [2.05, 4.69) is 39.4 Å². The summed E-state index contributed by atoms with van der Waals surface area (Å²) in [5, 5.41) is 7.87. The zero-order valence-corrected chi connectivity index (χ0v) is 18.9. The Morgan fingerprint density at radius 2 is 2.00 bits per heavy atom. The minimum atomic E-state index is -0.0656. The molecule has 0 saturated carbocycles. The molecule has 3 aromatic rings. The first kappa shape index (κ1) is 21.5. The Kier molecular flexibility index (Phi) is 6.39. The molecule has 0 aliphatic carbocycles. The van der Waals surface area contributed by atoms with Crippen LogP contribution in [0.4, 0.5) is 5.69 Å². The van der Waals surface area contributed by atoms with Gasteiger partial charge in [0.2, 0.25) is 17.6 Å². The number of rotatable bonds is 5. The maximum Gasteiger partial charge on any atom is 0.241 e. The summed E-state index contributed by atoms with van der Waals surface area (Å²) in [5.74, 6) is 1.07. The maximum absolute atomic E-state index is 13.0. The predicted octanol–water partition coefficient (Wildman–Crippen LogP) is 5.17. The van der Waals surface area contributed by atoms with E-state index >= 15 is 0 Å². The van der Waals surface area contributed by atoms with E-state index in [1.807, 2.05) is 38.1 Å². The Bertz CT molecular complexity index is 1070. The average Bonchev–Trinajstić information content (AvgIpc) is 3.19. The van der Waals surface area contributed by atoms with E-state index in [1.165, 1.54) is 5.56 Å². The van der Waals surface area contributed by atoms with Gasteiger partial charge in [-0.05, 0) is 63.4 Å². The molecule has 1 unspecified atom stereocenters. The van der Waals surface area contributed by atoms with Crippen molar-refractivity contribution in [1.82, 2.24) is 15.0 Å². The van der Waals surface area contributed by atoms with E-state index in [-0.39, 0.29) is 11.8 Å². The van der Waals surface area contributed by atoms with Crippen LogP contribution in [0.1, 0.15) is 35.4 Å². The summed E-state index contributed by atoms with van der Waals surface area (Å²) in [6.07, 6.45) is 1.84. The number of anilines is 1. The van der Waals surface area contributed by atoms with Crippen LogP contribution in [0.3, 0.4) is 0 Å². The number of carbonyl (C=O) groups excluding carboxylic acids is 1. The van der Waals surface area contributed by atoms with Crippen molar-refractivity contribution in [3.05, 3.63) is 64.0 Å². The van der Waals surface area contributed by atoms with E-state index in [0.29, 0.717) is 29.8 Å². The summed E-state index contributed by atoms with van der Waals surface area (Å²) in [6.45, 7) is 8.25. The van der Waals surface area contributed by atoms with Gasteiger partial charge in [-0.1, -0.05) is 46.6 Å². The minimum Gasteiger partial charge on any atom is -0.338 e. The van der Waals surface area contributed by atoms with Crippen molar-refractivity contribution < 1.29 is 9.32 Å². The summed E-state index contributed by atoms with van der Waals surface area (Å²) in [4.78, 5) is 19.7. The number of carbonyl (C=O) groups is 1. The van der Waals surface area contributed by atoms with Gasteiger partial charge in [-0.3, -0.25) is 9.69 Å². The number of nitrogens with zero attached hydrogens (tertiary/aromatic N) is 3. The first-order valence-electron chi connectivity index (χ1n) is 10.6. The molecule has 162 valence electrons. The number of piperidine rings is 1. The monoisotopic (exact) mass is 438 g/mol. The highest BCUT2D eigenvalue weighted by Crippen LogP contribution is 2.26. The SMILES string of the molecule is Cc1cc(C)c(NC(=O)C2CCCN(Cc3nc(-c4cccc(Cl)c4)no3)C2)c(C)c1. The molecule has 0 bridgehead atoms. The van der Waals surface area contributed by atoms with Gasteiger partial charge in [-0.2, -0.15) is 4.98 Å². The number of benzene rings is 2. The maximum atomic E-state index is 13.0. The van der Waals surface area contributed by atoms with Crippen molar-refractivity contribution in [2.45, 2.75) is 40.2 Å². The molecule has 2 aromatic carbocycles. The molecule has 1 aliphatic heterocycles. The molecule has 1 aromatic heterocycles. The van der Waals surface area contributed by atoms with Crippen molar-refractivity contribution in [3.63, 3.8) is 0 Å². The van der Waals surface area contributed by atoms with Crippen LogP contribution in [0.25, 0.3) is 11.4 Å². The summed E-state index contributed by atoms with van der Waals surface area (Å²) in [7, 11) is 0. The number of amides is 1. The van der Waals surface area contributed by atoms with Gasteiger partial charge in [-0.25, -0.2) is 0 Å². The first-order chi connectivity index (χ1) is 14.9. The van der Waals surface area contributed by atoms with Crippen LogP contribution in [0.15, 0.2) is 40.9 Å². The largest absolute Gasteiger partial charge is 0.338 e. The van der Waals surface area contributed by atoms with E-state index in [4.69, 9.17) is 16.1 Å². The Hall–Kier alpha value is -2.70. The molecular formula is C24H27ClN4O2.